The molecule has 4 saturated carbocycles. The Bertz CT molecular complexity index is 961. The van der Waals surface area contributed by atoms with Crippen LogP contribution in [0, 0.1) is 10.8 Å². The summed E-state index contributed by atoms with van der Waals surface area (Å²) in [6, 6.07) is 0. The summed E-state index contributed by atoms with van der Waals surface area (Å²) >= 11 is 0. The summed E-state index contributed by atoms with van der Waals surface area (Å²) in [5, 5.41) is 68.0. The van der Waals surface area contributed by atoms with Gasteiger partial charge in [0, 0.05) is 0 Å². The van der Waals surface area contributed by atoms with Crippen molar-refractivity contribution in [3.8, 4) is 0 Å². The van der Waals surface area contributed by atoms with E-state index in [0.29, 0.717) is 0 Å². The van der Waals surface area contributed by atoms with Crippen LogP contribution in [-0.4, -0.2) is 66.3 Å². The van der Waals surface area contributed by atoms with Gasteiger partial charge in [-0.2, -0.15) is 0 Å². The molecule has 0 aromatic carbocycles. The van der Waals surface area contributed by atoms with E-state index in [0.717, 1.165) is 49.7 Å². The zero-order chi connectivity index (χ0) is 21.2. The van der Waals surface area contributed by atoms with Gasteiger partial charge in [0.2, 0.25) is 0 Å². The second-order valence-electron chi connectivity index (χ2n) is 10.3. The van der Waals surface area contributed by atoms with Crippen LogP contribution in [-0.2, 0) is 0 Å². The fourth-order valence-electron chi connectivity index (χ4n) is 8.13. The molecule has 6 N–H and O–H groups in total. The Hall–Kier alpha value is -1.28. The van der Waals surface area contributed by atoms with Crippen molar-refractivity contribution in [3.63, 3.8) is 0 Å². The quantitative estimate of drug-likeness (QED) is 0.397. The predicted molar refractivity (Wildman–Crippen MR) is 108 cm³/mol. The van der Waals surface area contributed by atoms with Crippen LogP contribution in [0.2, 0.25) is 0 Å². The van der Waals surface area contributed by atoms with Crippen molar-refractivity contribution in [3.05, 3.63) is 46.6 Å². The molecule has 6 rings (SSSR count). The summed E-state index contributed by atoms with van der Waals surface area (Å²) < 4.78 is 0. The molecule has 7 atom stereocenters. The minimum atomic E-state index is -2.19. The fraction of sp³-hybridized carbons (Fsp3) is 0.667. The summed E-state index contributed by atoms with van der Waals surface area (Å²) in [7, 11) is 0. The van der Waals surface area contributed by atoms with Crippen molar-refractivity contribution in [1.82, 2.24) is 0 Å². The van der Waals surface area contributed by atoms with E-state index in [-0.39, 0.29) is 12.8 Å². The molecule has 6 nitrogen and oxygen atoms in total. The summed E-state index contributed by atoms with van der Waals surface area (Å²) in [5.41, 5.74) is -4.72. The van der Waals surface area contributed by atoms with Gasteiger partial charge in [-0.15, -0.1) is 0 Å². The molecule has 162 valence electrons. The zero-order valence-corrected chi connectivity index (χ0v) is 17.0. The molecule has 0 amide bonds. The lowest BCUT2D eigenvalue weighted by Crippen LogP contribution is -3.08. The van der Waals surface area contributed by atoms with Crippen LogP contribution in [0.1, 0.15) is 51.4 Å². The first-order chi connectivity index (χ1) is 14.2. The molecule has 6 aliphatic carbocycles. The zero-order valence-electron chi connectivity index (χ0n) is 17.0. The highest BCUT2D eigenvalue weighted by Crippen LogP contribution is 2.83. The molecule has 0 bridgehead atoms. The molecule has 6 heteroatoms. The van der Waals surface area contributed by atoms with Gasteiger partial charge in [0.05, 0.1) is 23.5 Å². The number of fused-ring (bicyclic) bond motifs is 5. The number of rotatable bonds is 2. The summed E-state index contributed by atoms with van der Waals surface area (Å²) in [5.74, 6) is 0. The van der Waals surface area contributed by atoms with Gasteiger partial charge >= 0.3 is 0 Å². The first kappa shape index (κ1) is 19.4. The standard InChI is InChI=1S/C24H30O6/c25-13-18(26)22(28)21(10-8-15-4-2-6-17(15)12-21)23(29)19(27)20(24(22,23)30)9-7-14-3-1-5-16(14)11-20/h7-8,11-12,18-19,25-30H,1-6,9-10,13H2/t18-,19?,20?,21?,22+,23-,24+/m1/s1. The molecule has 30 heavy (non-hydrogen) atoms. The van der Waals surface area contributed by atoms with Crippen LogP contribution in [0.3, 0.4) is 0 Å². The van der Waals surface area contributed by atoms with E-state index in [2.05, 4.69) is 0 Å². The van der Waals surface area contributed by atoms with Crippen molar-refractivity contribution in [2.75, 3.05) is 6.61 Å². The normalized spacial score (nSPS) is 51.7. The Balaban J connectivity index is 1.54. The van der Waals surface area contributed by atoms with Crippen LogP contribution >= 0.6 is 0 Å². The molecule has 0 saturated heterocycles. The van der Waals surface area contributed by atoms with Crippen LogP contribution in [0.25, 0.3) is 0 Å². The highest BCUT2D eigenvalue weighted by atomic mass is 16.5. The molecule has 0 aromatic rings. The molecular weight excluding hydrogens is 384 g/mol. The highest BCUT2D eigenvalue weighted by Gasteiger charge is 3.02. The topological polar surface area (TPSA) is 121 Å². The van der Waals surface area contributed by atoms with Gasteiger partial charge in [-0.05, 0) is 73.7 Å². The maximum atomic E-state index is 12.0. The fourth-order valence-corrected chi connectivity index (χ4v) is 8.13. The Morgan fingerprint density at radius 2 is 1.43 bits per heavy atom. The molecule has 0 heterocycles. The lowest BCUT2D eigenvalue weighted by Gasteiger charge is -2.88. The third kappa shape index (κ3) is 1.58. The number of hydrogen-bond acceptors (Lipinski definition) is 6. The number of hydrogen-bond donors (Lipinski definition) is 6. The summed E-state index contributed by atoms with van der Waals surface area (Å²) in [6.07, 6.45) is 10.6. The number of allylic oxidation sites excluding steroid dienone is 6. The van der Waals surface area contributed by atoms with Gasteiger partial charge in [-0.3, -0.25) is 0 Å². The van der Waals surface area contributed by atoms with Crippen molar-refractivity contribution < 1.29 is 30.6 Å². The minimum absolute atomic E-state index is 0.197. The Morgan fingerprint density at radius 1 is 0.867 bits per heavy atom. The second-order valence-corrected chi connectivity index (χ2v) is 10.3. The molecule has 4 fully saturated rings. The van der Waals surface area contributed by atoms with Crippen LogP contribution in [0.4, 0.5) is 0 Å². The molecule has 6 aliphatic rings. The first-order valence-electron chi connectivity index (χ1n) is 11.2. The van der Waals surface area contributed by atoms with Crippen molar-refractivity contribution in [1.29, 1.82) is 0 Å². The smallest absolute Gasteiger partial charge is 0.141 e. The van der Waals surface area contributed by atoms with Crippen LogP contribution < -0.4 is 0 Å². The van der Waals surface area contributed by atoms with Gasteiger partial charge in [0.1, 0.15) is 22.9 Å². The molecule has 0 aliphatic heterocycles. The van der Waals surface area contributed by atoms with Gasteiger partial charge in [0.15, 0.2) is 0 Å². The van der Waals surface area contributed by atoms with E-state index in [9.17, 15) is 30.6 Å². The van der Waals surface area contributed by atoms with Gasteiger partial charge in [0.25, 0.3) is 0 Å². The lowest BCUT2D eigenvalue weighted by molar-refractivity contribution is -0.533. The molecule has 3 unspecified atom stereocenters. The Morgan fingerprint density at radius 3 is 2.07 bits per heavy atom. The largest absolute Gasteiger partial charge is 0.394 e. The molecular formula is C24H30O6. The van der Waals surface area contributed by atoms with Gasteiger partial charge in [-0.1, -0.05) is 24.3 Å². The maximum Gasteiger partial charge on any atom is 0.141 e. The van der Waals surface area contributed by atoms with Gasteiger partial charge in [-0.25, -0.2) is 0 Å². The average Bonchev–Trinajstić information content (AvgIpc) is 3.43. The SMILES string of the molecule is OC[C@@H](O)[C@]1(O)C2(C=C3CCCC3=CC2)[C@]2(O)C(O)C3(C=C4CCCC4=CC3)[C@@]21O. The molecule has 2 spiro atoms. The molecule has 0 aromatic heterocycles. The second kappa shape index (κ2) is 5.55. The minimum Gasteiger partial charge on any atom is -0.394 e. The van der Waals surface area contributed by atoms with E-state index >= 15 is 0 Å². The van der Waals surface area contributed by atoms with Gasteiger partial charge < -0.3 is 30.6 Å². The monoisotopic (exact) mass is 414 g/mol. The van der Waals surface area contributed by atoms with Crippen LogP contribution in [0.5, 0.6) is 0 Å². The predicted octanol–water partition coefficient (Wildman–Crippen LogP) is 0.775. The third-order valence-electron chi connectivity index (χ3n) is 9.49. The number of aliphatic hydroxyl groups is 6. The van der Waals surface area contributed by atoms with E-state index < -0.39 is 46.4 Å². The third-order valence-corrected chi connectivity index (χ3v) is 9.49. The Kier molecular flexibility index (Phi) is 3.59. The van der Waals surface area contributed by atoms with Crippen molar-refractivity contribution in [2.45, 2.75) is 80.4 Å². The Labute approximate surface area is 175 Å². The van der Waals surface area contributed by atoms with E-state index in [1.54, 1.807) is 6.08 Å². The summed E-state index contributed by atoms with van der Waals surface area (Å²) in [6.45, 7) is -0.750. The van der Waals surface area contributed by atoms with E-state index in [1.807, 2.05) is 18.2 Å². The van der Waals surface area contributed by atoms with Crippen molar-refractivity contribution >= 4 is 0 Å². The lowest BCUT2D eigenvalue weighted by atomic mass is 9.20. The summed E-state index contributed by atoms with van der Waals surface area (Å²) in [4.78, 5) is 0. The maximum absolute atomic E-state index is 12.0. The van der Waals surface area contributed by atoms with E-state index in [1.165, 1.54) is 11.1 Å². The number of aliphatic hydroxyl groups excluding tert-OH is 3. The van der Waals surface area contributed by atoms with Crippen molar-refractivity contribution in [2.24, 2.45) is 10.8 Å². The van der Waals surface area contributed by atoms with E-state index in [4.69, 9.17) is 0 Å². The highest BCUT2D eigenvalue weighted by molar-refractivity contribution is 5.61. The average molecular weight is 414 g/mol. The first-order valence-corrected chi connectivity index (χ1v) is 11.2. The van der Waals surface area contributed by atoms with Crippen LogP contribution in [0.15, 0.2) is 46.6 Å². The molecule has 0 radical (unpaired) electrons.